The predicted octanol–water partition coefficient (Wildman–Crippen LogP) is 3.79. The van der Waals surface area contributed by atoms with E-state index in [0.29, 0.717) is 12.5 Å². The van der Waals surface area contributed by atoms with E-state index in [1.165, 1.54) is 0 Å². The molecule has 2 amide bonds. The Balaban J connectivity index is 1.57. The Morgan fingerprint density at radius 3 is 2.75 bits per heavy atom. The monoisotopic (exact) mass is 399 g/mol. The van der Waals surface area contributed by atoms with Gasteiger partial charge in [0.05, 0.1) is 10.7 Å². The van der Waals surface area contributed by atoms with Gasteiger partial charge in [-0.1, -0.05) is 31.5 Å². The van der Waals surface area contributed by atoms with Crippen LogP contribution in [0.1, 0.15) is 59.2 Å². The summed E-state index contributed by atoms with van der Waals surface area (Å²) in [7, 11) is 0. The zero-order valence-corrected chi connectivity index (χ0v) is 17.7. The van der Waals surface area contributed by atoms with Crippen LogP contribution in [0.15, 0.2) is 29.6 Å². The van der Waals surface area contributed by atoms with E-state index in [0.717, 1.165) is 54.2 Å². The van der Waals surface area contributed by atoms with Crippen LogP contribution in [0, 0.1) is 12.8 Å². The van der Waals surface area contributed by atoms with E-state index in [9.17, 15) is 9.59 Å². The molecule has 1 aromatic heterocycles. The van der Waals surface area contributed by atoms with Crippen LogP contribution in [-0.4, -0.2) is 41.3 Å². The number of nitrogens with one attached hydrogen (secondary N) is 1. The second-order valence-corrected chi connectivity index (χ2v) is 8.72. The molecule has 1 N–H and O–H groups in total. The molecule has 6 heteroatoms. The summed E-state index contributed by atoms with van der Waals surface area (Å²) in [6, 6.07) is 7.79. The highest BCUT2D eigenvalue weighted by Crippen LogP contribution is 2.30. The molecule has 1 fully saturated rings. The predicted molar refractivity (Wildman–Crippen MR) is 113 cm³/mol. The van der Waals surface area contributed by atoms with Crippen LogP contribution in [0.4, 0.5) is 0 Å². The van der Waals surface area contributed by atoms with Crippen LogP contribution in [0.5, 0.6) is 0 Å². The number of rotatable bonds is 6. The number of nitrogens with zero attached hydrogens (tertiary/aromatic N) is 2. The Morgan fingerprint density at radius 2 is 2.04 bits per heavy atom. The molecule has 1 saturated heterocycles. The molecule has 0 bridgehead atoms. The lowest BCUT2D eigenvalue weighted by Crippen LogP contribution is -2.39. The van der Waals surface area contributed by atoms with Crippen molar-refractivity contribution < 1.29 is 9.59 Å². The van der Waals surface area contributed by atoms with Crippen molar-refractivity contribution in [1.82, 2.24) is 15.2 Å². The highest BCUT2D eigenvalue weighted by atomic mass is 32.1. The number of thiazole rings is 1. The molecular formula is C22H29N3O2S. The van der Waals surface area contributed by atoms with Crippen molar-refractivity contribution in [3.8, 4) is 0 Å². The van der Waals surface area contributed by atoms with Crippen molar-refractivity contribution in [1.29, 1.82) is 0 Å². The van der Waals surface area contributed by atoms with E-state index in [4.69, 9.17) is 4.98 Å². The van der Waals surface area contributed by atoms with Crippen LogP contribution >= 0.6 is 11.3 Å². The minimum Gasteiger partial charge on any atom is -0.355 e. The molecule has 0 radical (unpaired) electrons. The van der Waals surface area contributed by atoms with Gasteiger partial charge in [0.25, 0.3) is 5.91 Å². The largest absolute Gasteiger partial charge is 0.355 e. The lowest BCUT2D eigenvalue weighted by atomic mass is 9.98. The van der Waals surface area contributed by atoms with E-state index in [1.807, 2.05) is 49.9 Å². The van der Waals surface area contributed by atoms with E-state index in [1.54, 1.807) is 11.3 Å². The molecule has 1 aliphatic heterocycles. The normalized spacial score (nSPS) is 17.0. The second-order valence-electron chi connectivity index (χ2n) is 7.83. The first-order valence-electron chi connectivity index (χ1n) is 10.0. The molecule has 2 aromatic rings. The number of carbonyl (C=O) groups excluding carboxylic acids is 2. The minimum atomic E-state index is 0.00489. The molecule has 0 spiro atoms. The van der Waals surface area contributed by atoms with Gasteiger partial charge in [0.2, 0.25) is 5.91 Å². The molecule has 0 unspecified atom stereocenters. The van der Waals surface area contributed by atoms with Crippen molar-refractivity contribution in [2.24, 2.45) is 5.92 Å². The average Bonchev–Trinajstić information content (AvgIpc) is 3.17. The molecule has 0 aliphatic carbocycles. The number of amides is 2. The summed E-state index contributed by atoms with van der Waals surface area (Å²) in [6.45, 7) is 7.96. The fourth-order valence-corrected chi connectivity index (χ4v) is 4.37. The van der Waals surface area contributed by atoms with Crippen molar-refractivity contribution >= 4 is 23.2 Å². The average molecular weight is 400 g/mol. The molecule has 1 aromatic carbocycles. The first-order chi connectivity index (χ1) is 13.4. The van der Waals surface area contributed by atoms with E-state index >= 15 is 0 Å². The summed E-state index contributed by atoms with van der Waals surface area (Å²) in [6.07, 6.45) is 2.81. The van der Waals surface area contributed by atoms with Crippen molar-refractivity contribution in [3.63, 3.8) is 0 Å². The van der Waals surface area contributed by atoms with Gasteiger partial charge in [0.1, 0.15) is 0 Å². The molecule has 28 heavy (non-hydrogen) atoms. The van der Waals surface area contributed by atoms with Crippen LogP contribution in [-0.2, 0) is 11.2 Å². The SMILES string of the molecule is Cc1ccc(C(=O)N2CCC[C@@H](c3nc(CCNC(=O)C(C)C)cs3)C2)cc1. The third-order valence-electron chi connectivity index (χ3n) is 5.13. The van der Waals surface area contributed by atoms with Gasteiger partial charge in [-0.05, 0) is 31.9 Å². The zero-order valence-electron chi connectivity index (χ0n) is 16.9. The van der Waals surface area contributed by atoms with Gasteiger partial charge in [-0.2, -0.15) is 0 Å². The molecule has 2 heterocycles. The van der Waals surface area contributed by atoms with Crippen LogP contribution in [0.25, 0.3) is 0 Å². The van der Waals surface area contributed by atoms with Crippen molar-refractivity contribution in [3.05, 3.63) is 51.5 Å². The number of carbonyl (C=O) groups is 2. The lowest BCUT2D eigenvalue weighted by Gasteiger charge is -2.32. The minimum absolute atomic E-state index is 0.00489. The van der Waals surface area contributed by atoms with Gasteiger partial charge in [0, 0.05) is 48.8 Å². The molecular weight excluding hydrogens is 370 g/mol. The zero-order chi connectivity index (χ0) is 20.1. The Labute approximate surface area is 171 Å². The van der Waals surface area contributed by atoms with Crippen LogP contribution < -0.4 is 5.32 Å². The molecule has 150 valence electrons. The molecule has 1 aliphatic rings. The van der Waals surface area contributed by atoms with Gasteiger partial charge in [-0.3, -0.25) is 9.59 Å². The van der Waals surface area contributed by atoms with Crippen LogP contribution in [0.2, 0.25) is 0 Å². The maximum absolute atomic E-state index is 12.8. The fourth-order valence-electron chi connectivity index (χ4n) is 3.38. The fraction of sp³-hybridized carbons (Fsp3) is 0.500. The van der Waals surface area contributed by atoms with Gasteiger partial charge >= 0.3 is 0 Å². The number of likely N-dealkylation sites (tertiary alicyclic amines) is 1. The third kappa shape index (κ3) is 5.19. The lowest BCUT2D eigenvalue weighted by molar-refractivity contribution is -0.123. The Morgan fingerprint density at radius 1 is 1.29 bits per heavy atom. The number of hydrogen-bond acceptors (Lipinski definition) is 4. The summed E-state index contributed by atoms with van der Waals surface area (Å²) in [5.74, 6) is 0.489. The van der Waals surface area contributed by atoms with E-state index < -0.39 is 0 Å². The first kappa shape index (κ1) is 20.5. The van der Waals surface area contributed by atoms with Gasteiger partial charge in [0.15, 0.2) is 0 Å². The summed E-state index contributed by atoms with van der Waals surface area (Å²) in [4.78, 5) is 31.2. The highest BCUT2D eigenvalue weighted by molar-refractivity contribution is 7.09. The van der Waals surface area contributed by atoms with E-state index in [-0.39, 0.29) is 17.7 Å². The van der Waals surface area contributed by atoms with Crippen molar-refractivity contribution in [2.75, 3.05) is 19.6 Å². The third-order valence-corrected chi connectivity index (χ3v) is 6.19. The van der Waals surface area contributed by atoms with Crippen LogP contribution in [0.3, 0.4) is 0 Å². The maximum atomic E-state index is 12.8. The number of hydrogen-bond donors (Lipinski definition) is 1. The summed E-state index contributed by atoms with van der Waals surface area (Å²) < 4.78 is 0. The Bertz CT molecular complexity index is 813. The quantitative estimate of drug-likeness (QED) is 0.804. The second kappa shape index (κ2) is 9.32. The maximum Gasteiger partial charge on any atom is 0.253 e. The topological polar surface area (TPSA) is 62.3 Å². The summed E-state index contributed by atoms with van der Waals surface area (Å²) >= 11 is 1.67. The molecule has 0 saturated carbocycles. The number of aryl methyl sites for hydroxylation is 1. The molecule has 5 nitrogen and oxygen atoms in total. The molecule has 1 atom stereocenters. The van der Waals surface area contributed by atoms with Gasteiger partial charge in [-0.25, -0.2) is 4.98 Å². The Hall–Kier alpha value is -2.21. The molecule has 3 rings (SSSR count). The van der Waals surface area contributed by atoms with Crippen molar-refractivity contribution in [2.45, 2.75) is 46.0 Å². The van der Waals surface area contributed by atoms with Gasteiger partial charge in [-0.15, -0.1) is 11.3 Å². The number of benzene rings is 1. The number of aromatic nitrogens is 1. The standard InChI is InChI=1S/C22H29N3O2S/c1-15(2)20(26)23-11-10-19-14-28-21(24-19)18-5-4-12-25(13-18)22(27)17-8-6-16(3)7-9-17/h6-9,14-15,18H,4-5,10-13H2,1-3H3,(H,23,26)/t18-/m1/s1. The Kier molecular flexibility index (Phi) is 6.83. The summed E-state index contributed by atoms with van der Waals surface area (Å²) in [5, 5.41) is 6.12. The summed E-state index contributed by atoms with van der Waals surface area (Å²) in [5.41, 5.74) is 2.94. The first-order valence-corrected chi connectivity index (χ1v) is 10.9. The highest BCUT2D eigenvalue weighted by Gasteiger charge is 2.27. The van der Waals surface area contributed by atoms with Gasteiger partial charge < -0.3 is 10.2 Å². The van der Waals surface area contributed by atoms with E-state index in [2.05, 4.69) is 10.7 Å². The number of piperidine rings is 1. The smallest absolute Gasteiger partial charge is 0.253 e.